The number of benzene rings is 1. The molecule has 3 N–H and O–H groups in total. The van der Waals surface area contributed by atoms with Gasteiger partial charge in [-0.05, 0) is 19.1 Å². The molecule has 19 heavy (non-hydrogen) atoms. The Labute approximate surface area is 114 Å². The predicted molar refractivity (Wildman–Crippen MR) is 73.7 cm³/mol. The summed E-state index contributed by atoms with van der Waals surface area (Å²) >= 11 is 1.53. The maximum atomic E-state index is 13.5. The van der Waals surface area contributed by atoms with E-state index in [0.29, 0.717) is 18.5 Å². The molecular weight excluding hydrogens is 265 g/mol. The molecule has 2 rings (SSSR count). The Bertz CT molecular complexity index is 561. The second-order valence-corrected chi connectivity index (χ2v) is 5.08. The lowest BCUT2D eigenvalue weighted by atomic mass is 10.1. The van der Waals surface area contributed by atoms with Crippen molar-refractivity contribution in [1.29, 1.82) is 0 Å². The highest BCUT2D eigenvalue weighted by atomic mass is 32.1. The Balaban J connectivity index is 1.96. The van der Waals surface area contributed by atoms with Crippen LogP contribution in [-0.2, 0) is 6.42 Å². The number of aromatic nitrogens is 1. The van der Waals surface area contributed by atoms with Crippen LogP contribution in [-0.4, -0.2) is 17.4 Å². The standard InChI is InChI=1S/C13H14FN3OS/c1-8-10(14)6-9(7-11(8)15)13(18)17-3-2-12-16-4-5-19-12/h4-7H,2-3,15H2,1H3,(H,17,18). The number of thiazole rings is 1. The van der Waals surface area contributed by atoms with Crippen LogP contribution in [0.25, 0.3) is 0 Å². The van der Waals surface area contributed by atoms with Crippen LogP contribution in [0.1, 0.15) is 20.9 Å². The fraction of sp³-hybridized carbons (Fsp3) is 0.231. The number of nitrogens with two attached hydrogens (primary N) is 1. The second-order valence-electron chi connectivity index (χ2n) is 4.10. The monoisotopic (exact) mass is 279 g/mol. The molecular formula is C13H14FN3OS. The van der Waals surface area contributed by atoms with E-state index >= 15 is 0 Å². The zero-order valence-electron chi connectivity index (χ0n) is 10.4. The largest absolute Gasteiger partial charge is 0.398 e. The molecule has 1 aromatic carbocycles. The maximum absolute atomic E-state index is 13.5. The zero-order chi connectivity index (χ0) is 13.8. The maximum Gasteiger partial charge on any atom is 0.251 e. The highest BCUT2D eigenvalue weighted by Gasteiger charge is 2.10. The molecule has 2 aromatic rings. The minimum Gasteiger partial charge on any atom is -0.398 e. The van der Waals surface area contributed by atoms with Gasteiger partial charge in [0, 0.05) is 41.4 Å². The second kappa shape index (κ2) is 5.79. The molecule has 1 amide bonds. The number of nitrogen functional groups attached to an aromatic ring is 1. The van der Waals surface area contributed by atoms with Gasteiger partial charge in [0.15, 0.2) is 0 Å². The van der Waals surface area contributed by atoms with Crippen molar-refractivity contribution in [3.63, 3.8) is 0 Å². The third-order valence-corrected chi connectivity index (χ3v) is 3.59. The van der Waals surface area contributed by atoms with E-state index in [-0.39, 0.29) is 17.2 Å². The van der Waals surface area contributed by atoms with Gasteiger partial charge in [0.1, 0.15) is 5.82 Å². The first-order chi connectivity index (χ1) is 9.08. The molecule has 4 nitrogen and oxygen atoms in total. The van der Waals surface area contributed by atoms with Gasteiger partial charge in [-0.1, -0.05) is 0 Å². The van der Waals surface area contributed by atoms with Crippen molar-refractivity contribution in [3.05, 3.63) is 45.7 Å². The summed E-state index contributed by atoms with van der Waals surface area (Å²) in [5.74, 6) is -0.799. The number of amides is 1. The highest BCUT2D eigenvalue weighted by molar-refractivity contribution is 7.09. The number of nitrogens with zero attached hydrogens (tertiary/aromatic N) is 1. The molecule has 0 aliphatic rings. The van der Waals surface area contributed by atoms with E-state index in [2.05, 4.69) is 10.3 Å². The Hall–Kier alpha value is -1.95. The normalized spacial score (nSPS) is 10.4. The van der Waals surface area contributed by atoms with Crippen LogP contribution in [0.3, 0.4) is 0 Å². The van der Waals surface area contributed by atoms with Gasteiger partial charge in [0.25, 0.3) is 5.91 Å². The van der Waals surface area contributed by atoms with Crippen LogP contribution in [0, 0.1) is 12.7 Å². The van der Waals surface area contributed by atoms with Crippen LogP contribution < -0.4 is 11.1 Å². The third-order valence-electron chi connectivity index (χ3n) is 2.75. The van der Waals surface area contributed by atoms with E-state index < -0.39 is 5.82 Å². The number of rotatable bonds is 4. The summed E-state index contributed by atoms with van der Waals surface area (Å²) < 4.78 is 13.5. The SMILES string of the molecule is Cc1c(N)cc(C(=O)NCCc2nccs2)cc1F. The van der Waals surface area contributed by atoms with Crippen LogP contribution in [0.4, 0.5) is 10.1 Å². The lowest BCUT2D eigenvalue weighted by Crippen LogP contribution is -2.26. The molecule has 100 valence electrons. The smallest absolute Gasteiger partial charge is 0.251 e. The lowest BCUT2D eigenvalue weighted by molar-refractivity contribution is 0.0953. The molecule has 1 heterocycles. The van der Waals surface area contributed by atoms with Crippen molar-refractivity contribution >= 4 is 22.9 Å². The molecule has 0 spiro atoms. The first-order valence-electron chi connectivity index (χ1n) is 5.80. The number of carbonyl (C=O) groups excluding carboxylic acids is 1. The third kappa shape index (κ3) is 3.29. The van der Waals surface area contributed by atoms with Gasteiger partial charge >= 0.3 is 0 Å². The Morgan fingerprint density at radius 1 is 1.53 bits per heavy atom. The van der Waals surface area contributed by atoms with Crippen molar-refractivity contribution in [1.82, 2.24) is 10.3 Å². The van der Waals surface area contributed by atoms with E-state index in [1.807, 2.05) is 5.38 Å². The zero-order valence-corrected chi connectivity index (χ0v) is 11.3. The van der Waals surface area contributed by atoms with Gasteiger partial charge in [-0.25, -0.2) is 9.37 Å². The number of hydrogen-bond acceptors (Lipinski definition) is 4. The molecule has 0 fully saturated rings. The summed E-state index contributed by atoms with van der Waals surface area (Å²) in [7, 11) is 0. The number of carbonyl (C=O) groups is 1. The van der Waals surface area contributed by atoms with E-state index in [1.165, 1.54) is 23.5 Å². The Kier molecular flexibility index (Phi) is 4.11. The fourth-order valence-electron chi connectivity index (χ4n) is 1.59. The molecule has 0 radical (unpaired) electrons. The van der Waals surface area contributed by atoms with Gasteiger partial charge in [0.05, 0.1) is 5.01 Å². The van der Waals surface area contributed by atoms with Crippen LogP contribution in [0.2, 0.25) is 0 Å². The van der Waals surface area contributed by atoms with Crippen LogP contribution in [0.5, 0.6) is 0 Å². The van der Waals surface area contributed by atoms with Gasteiger partial charge < -0.3 is 11.1 Å². The van der Waals surface area contributed by atoms with Crippen molar-refractivity contribution in [2.45, 2.75) is 13.3 Å². The average Bonchev–Trinajstić information content (AvgIpc) is 2.88. The van der Waals surface area contributed by atoms with Crippen molar-refractivity contribution < 1.29 is 9.18 Å². The molecule has 0 aliphatic carbocycles. The van der Waals surface area contributed by atoms with E-state index in [0.717, 1.165) is 5.01 Å². The summed E-state index contributed by atoms with van der Waals surface area (Å²) in [6.45, 7) is 2.04. The summed E-state index contributed by atoms with van der Waals surface area (Å²) in [6.07, 6.45) is 2.38. The molecule has 6 heteroatoms. The number of nitrogens with one attached hydrogen (secondary N) is 1. The fourth-order valence-corrected chi connectivity index (χ4v) is 2.21. The van der Waals surface area contributed by atoms with Crippen molar-refractivity contribution in [2.24, 2.45) is 0 Å². The average molecular weight is 279 g/mol. The number of halogens is 1. The molecule has 0 atom stereocenters. The Morgan fingerprint density at radius 3 is 2.95 bits per heavy atom. The van der Waals surface area contributed by atoms with Gasteiger partial charge in [-0.15, -0.1) is 11.3 Å². The van der Waals surface area contributed by atoms with E-state index in [1.54, 1.807) is 13.1 Å². The minimum absolute atomic E-state index is 0.236. The first-order valence-corrected chi connectivity index (χ1v) is 6.68. The van der Waals surface area contributed by atoms with Gasteiger partial charge in [-0.2, -0.15) is 0 Å². The quantitative estimate of drug-likeness (QED) is 0.843. The molecule has 0 unspecified atom stereocenters. The Morgan fingerprint density at radius 2 is 2.32 bits per heavy atom. The molecule has 0 aliphatic heterocycles. The number of anilines is 1. The summed E-state index contributed by atoms with van der Waals surface area (Å²) in [5.41, 5.74) is 6.52. The van der Waals surface area contributed by atoms with Crippen LogP contribution >= 0.6 is 11.3 Å². The highest BCUT2D eigenvalue weighted by Crippen LogP contribution is 2.17. The minimum atomic E-state index is -0.468. The summed E-state index contributed by atoms with van der Waals surface area (Å²) in [6, 6.07) is 2.68. The molecule has 0 saturated carbocycles. The summed E-state index contributed by atoms with van der Waals surface area (Å²) in [5, 5.41) is 5.55. The first kappa shape index (κ1) is 13.5. The van der Waals surface area contributed by atoms with Gasteiger partial charge in [-0.3, -0.25) is 4.79 Å². The van der Waals surface area contributed by atoms with Crippen LogP contribution in [0.15, 0.2) is 23.7 Å². The van der Waals surface area contributed by atoms with E-state index in [9.17, 15) is 9.18 Å². The molecule has 1 aromatic heterocycles. The molecule has 0 bridgehead atoms. The van der Waals surface area contributed by atoms with Crippen molar-refractivity contribution in [2.75, 3.05) is 12.3 Å². The summed E-state index contributed by atoms with van der Waals surface area (Å²) in [4.78, 5) is 16.0. The van der Waals surface area contributed by atoms with Gasteiger partial charge in [0.2, 0.25) is 0 Å². The van der Waals surface area contributed by atoms with Crippen molar-refractivity contribution in [3.8, 4) is 0 Å². The predicted octanol–water partition coefficient (Wildman–Crippen LogP) is 2.15. The van der Waals surface area contributed by atoms with E-state index in [4.69, 9.17) is 5.73 Å². The number of hydrogen-bond donors (Lipinski definition) is 2. The lowest BCUT2D eigenvalue weighted by Gasteiger charge is -2.07. The molecule has 0 saturated heterocycles. The topological polar surface area (TPSA) is 68.0 Å².